The van der Waals surface area contributed by atoms with Crippen molar-refractivity contribution in [3.63, 3.8) is 0 Å². The minimum Gasteiger partial charge on any atom is -0.465 e. The van der Waals surface area contributed by atoms with Crippen molar-refractivity contribution in [1.29, 1.82) is 0 Å². The fourth-order valence-electron chi connectivity index (χ4n) is 1.17. The van der Waals surface area contributed by atoms with Crippen molar-refractivity contribution in [2.75, 3.05) is 7.11 Å². The van der Waals surface area contributed by atoms with E-state index < -0.39 is 0 Å². The maximum atomic E-state index is 11.3. The van der Waals surface area contributed by atoms with Crippen LogP contribution in [-0.2, 0) is 11.1 Å². The third-order valence-electron chi connectivity index (χ3n) is 1.89. The minimum atomic E-state index is -0.329. The average Bonchev–Trinajstić information content (AvgIpc) is 2.30. The van der Waals surface area contributed by atoms with Gasteiger partial charge in [0.25, 0.3) is 0 Å². The van der Waals surface area contributed by atoms with Crippen molar-refractivity contribution in [3.05, 3.63) is 34.9 Å². The maximum Gasteiger partial charge on any atom is 0.338 e. The third kappa shape index (κ3) is 3.78. The summed E-state index contributed by atoms with van der Waals surface area (Å²) in [4.78, 5) is 11.3. The SMILES string of the molecule is CC.[B]Cc1ccc(C)cc1C(=O)OC. The second-order valence-corrected chi connectivity index (χ2v) is 2.86. The lowest BCUT2D eigenvalue weighted by atomic mass is 9.92. The van der Waals surface area contributed by atoms with Crippen LogP contribution >= 0.6 is 0 Å². The first-order valence-corrected chi connectivity index (χ1v) is 5.07. The molecule has 0 saturated carbocycles. The van der Waals surface area contributed by atoms with Gasteiger partial charge in [-0.2, -0.15) is 0 Å². The van der Waals surface area contributed by atoms with Gasteiger partial charge in [0.05, 0.1) is 20.5 Å². The van der Waals surface area contributed by atoms with Gasteiger partial charge in [-0.3, -0.25) is 0 Å². The van der Waals surface area contributed by atoms with Crippen LogP contribution in [0.4, 0.5) is 0 Å². The number of aryl methyl sites for hydroxylation is 1. The van der Waals surface area contributed by atoms with E-state index in [1.54, 1.807) is 6.07 Å². The van der Waals surface area contributed by atoms with E-state index in [1.807, 2.05) is 32.9 Å². The molecule has 1 rings (SSSR count). The Labute approximate surface area is 93.1 Å². The molecule has 0 spiro atoms. The molecule has 0 bridgehead atoms. The molecule has 0 aliphatic heterocycles. The molecule has 0 aromatic heterocycles. The van der Waals surface area contributed by atoms with Gasteiger partial charge in [0.15, 0.2) is 0 Å². The first-order valence-electron chi connectivity index (χ1n) is 5.07. The highest BCUT2D eigenvalue weighted by molar-refractivity contribution is 6.09. The van der Waals surface area contributed by atoms with Gasteiger partial charge in [-0.25, -0.2) is 4.79 Å². The summed E-state index contributed by atoms with van der Waals surface area (Å²) >= 11 is 0. The molecule has 1 aromatic rings. The number of carbonyl (C=O) groups excluding carboxylic acids is 1. The Morgan fingerprint density at radius 1 is 1.40 bits per heavy atom. The lowest BCUT2D eigenvalue weighted by Crippen LogP contribution is -2.06. The number of carbonyl (C=O) groups is 1. The van der Waals surface area contributed by atoms with E-state index in [0.717, 1.165) is 11.1 Å². The highest BCUT2D eigenvalue weighted by Crippen LogP contribution is 2.12. The van der Waals surface area contributed by atoms with E-state index in [1.165, 1.54) is 7.11 Å². The van der Waals surface area contributed by atoms with Gasteiger partial charge in [-0.15, -0.1) is 0 Å². The van der Waals surface area contributed by atoms with E-state index in [9.17, 15) is 4.79 Å². The molecule has 0 atom stereocenters. The van der Waals surface area contributed by atoms with Crippen LogP contribution in [0.15, 0.2) is 18.2 Å². The quantitative estimate of drug-likeness (QED) is 0.546. The highest BCUT2D eigenvalue weighted by atomic mass is 16.5. The molecule has 3 heteroatoms. The largest absolute Gasteiger partial charge is 0.465 e. The van der Waals surface area contributed by atoms with E-state index in [-0.39, 0.29) is 5.97 Å². The number of benzene rings is 1. The first kappa shape index (κ1) is 13.8. The summed E-state index contributed by atoms with van der Waals surface area (Å²) in [5.41, 5.74) is 2.40. The van der Waals surface area contributed by atoms with E-state index in [4.69, 9.17) is 7.85 Å². The monoisotopic (exact) mass is 204 g/mol. The smallest absolute Gasteiger partial charge is 0.338 e. The van der Waals surface area contributed by atoms with Crippen LogP contribution in [0.1, 0.15) is 35.3 Å². The number of hydrogen-bond acceptors (Lipinski definition) is 2. The second kappa shape index (κ2) is 7.10. The lowest BCUT2D eigenvalue weighted by molar-refractivity contribution is 0.0599. The van der Waals surface area contributed by atoms with Crippen molar-refractivity contribution in [2.24, 2.45) is 0 Å². The third-order valence-corrected chi connectivity index (χ3v) is 1.89. The Balaban J connectivity index is 0.000000921. The van der Waals surface area contributed by atoms with Crippen molar-refractivity contribution in [3.8, 4) is 0 Å². The predicted octanol–water partition coefficient (Wildman–Crippen LogP) is 2.48. The van der Waals surface area contributed by atoms with Gasteiger partial charge in [-0.1, -0.05) is 37.9 Å². The van der Waals surface area contributed by atoms with Crippen LogP contribution in [0.5, 0.6) is 0 Å². The second-order valence-electron chi connectivity index (χ2n) is 2.86. The first-order chi connectivity index (χ1) is 7.19. The molecule has 15 heavy (non-hydrogen) atoms. The molecular formula is C12H17BO2. The fourth-order valence-corrected chi connectivity index (χ4v) is 1.17. The van der Waals surface area contributed by atoms with Gasteiger partial charge in [0.1, 0.15) is 0 Å². The Morgan fingerprint density at radius 2 is 2.00 bits per heavy atom. The molecule has 0 fully saturated rings. The molecule has 0 aliphatic rings. The van der Waals surface area contributed by atoms with E-state index in [0.29, 0.717) is 11.9 Å². The molecule has 0 N–H and O–H groups in total. The van der Waals surface area contributed by atoms with Crippen LogP contribution in [0.25, 0.3) is 0 Å². The summed E-state index contributed by atoms with van der Waals surface area (Å²) in [5, 5.41) is 0. The molecule has 80 valence electrons. The standard InChI is InChI=1S/C10H11BO2.C2H6/c1-7-3-4-8(6-11)9(5-7)10(12)13-2;1-2/h3-5H,6H2,1-2H3;1-2H3. The van der Waals surface area contributed by atoms with Crippen LogP contribution < -0.4 is 0 Å². The number of ether oxygens (including phenoxy) is 1. The van der Waals surface area contributed by atoms with Crippen LogP contribution in [0.2, 0.25) is 0 Å². The summed E-state index contributed by atoms with van der Waals surface area (Å²) < 4.78 is 4.64. The van der Waals surface area contributed by atoms with Gasteiger partial charge in [0, 0.05) is 0 Å². The topological polar surface area (TPSA) is 26.3 Å². The Bertz CT molecular complexity index is 321. The lowest BCUT2D eigenvalue weighted by Gasteiger charge is -2.06. The summed E-state index contributed by atoms with van der Waals surface area (Å²) in [7, 11) is 6.85. The molecular weight excluding hydrogens is 187 g/mol. The van der Waals surface area contributed by atoms with Gasteiger partial charge in [-0.05, 0) is 18.6 Å². The summed E-state index contributed by atoms with van der Waals surface area (Å²) in [6.07, 6.45) is 0.352. The van der Waals surface area contributed by atoms with E-state index >= 15 is 0 Å². The van der Waals surface area contributed by atoms with Crippen LogP contribution in [0.3, 0.4) is 0 Å². The Kier molecular flexibility index (Phi) is 6.51. The Hall–Kier alpha value is -1.25. The van der Waals surface area contributed by atoms with Gasteiger partial charge < -0.3 is 4.74 Å². The Morgan fingerprint density at radius 3 is 2.47 bits per heavy atom. The molecule has 0 unspecified atom stereocenters. The number of methoxy groups -OCH3 is 1. The van der Waals surface area contributed by atoms with Crippen molar-refractivity contribution < 1.29 is 9.53 Å². The number of rotatable bonds is 2. The normalized spacial score (nSPS) is 8.80. The molecule has 2 radical (unpaired) electrons. The minimum absolute atomic E-state index is 0.329. The number of hydrogen-bond donors (Lipinski definition) is 0. The van der Waals surface area contributed by atoms with Crippen LogP contribution in [0, 0.1) is 6.92 Å². The molecule has 1 aromatic carbocycles. The van der Waals surface area contributed by atoms with Crippen molar-refractivity contribution in [1.82, 2.24) is 0 Å². The molecule has 0 aliphatic carbocycles. The zero-order valence-electron chi connectivity index (χ0n) is 9.83. The van der Waals surface area contributed by atoms with Crippen LogP contribution in [-0.4, -0.2) is 20.9 Å². The summed E-state index contributed by atoms with van der Waals surface area (Å²) in [5.74, 6) is -0.329. The number of esters is 1. The molecule has 0 amide bonds. The highest BCUT2D eigenvalue weighted by Gasteiger charge is 2.09. The summed E-state index contributed by atoms with van der Waals surface area (Å²) in [6, 6.07) is 5.56. The van der Waals surface area contributed by atoms with Gasteiger partial charge in [0.2, 0.25) is 0 Å². The molecule has 2 nitrogen and oxygen atoms in total. The maximum absolute atomic E-state index is 11.3. The molecule has 0 saturated heterocycles. The van der Waals surface area contributed by atoms with Crippen molar-refractivity contribution >= 4 is 13.8 Å². The zero-order valence-corrected chi connectivity index (χ0v) is 9.83. The zero-order chi connectivity index (χ0) is 11.8. The average molecular weight is 204 g/mol. The molecule has 0 heterocycles. The van der Waals surface area contributed by atoms with Gasteiger partial charge >= 0.3 is 5.97 Å². The van der Waals surface area contributed by atoms with Crippen molar-refractivity contribution in [2.45, 2.75) is 27.1 Å². The fraction of sp³-hybridized carbons (Fsp3) is 0.417. The van der Waals surface area contributed by atoms with E-state index in [2.05, 4.69) is 4.74 Å². The predicted molar refractivity (Wildman–Crippen MR) is 63.3 cm³/mol. The summed E-state index contributed by atoms with van der Waals surface area (Å²) in [6.45, 7) is 5.92.